The zero-order valence-corrected chi connectivity index (χ0v) is 11.6. The van der Waals surface area contributed by atoms with Crippen molar-refractivity contribution in [2.24, 2.45) is 11.3 Å². The average molecular weight is 246 g/mol. The first-order valence-electron chi connectivity index (χ1n) is 6.60. The average Bonchev–Trinajstić information content (AvgIpc) is 2.90. The summed E-state index contributed by atoms with van der Waals surface area (Å²) in [6.07, 6.45) is 0.992. The standard InChI is InChI=1S/C15H22N2O/c1-10(2)16-12-5-7-13(8-6-12)17-14(18)15(4)9-11(15)3/h5-8,10-11,16H,9H2,1-4H3,(H,17,18). The number of rotatable bonds is 4. The highest BCUT2D eigenvalue weighted by Gasteiger charge is 2.52. The molecule has 0 aromatic heterocycles. The van der Waals surface area contributed by atoms with Gasteiger partial charge in [0.05, 0.1) is 0 Å². The zero-order valence-electron chi connectivity index (χ0n) is 11.6. The normalized spacial score (nSPS) is 25.9. The highest BCUT2D eigenvalue weighted by atomic mass is 16.2. The lowest BCUT2D eigenvalue weighted by Crippen LogP contribution is -2.22. The van der Waals surface area contributed by atoms with Crippen molar-refractivity contribution in [2.75, 3.05) is 10.6 Å². The van der Waals surface area contributed by atoms with Gasteiger partial charge in [-0.2, -0.15) is 0 Å². The molecule has 2 unspecified atom stereocenters. The van der Waals surface area contributed by atoms with E-state index in [4.69, 9.17) is 0 Å². The van der Waals surface area contributed by atoms with Gasteiger partial charge in [-0.15, -0.1) is 0 Å². The molecular weight excluding hydrogens is 224 g/mol. The number of carbonyl (C=O) groups is 1. The number of amides is 1. The summed E-state index contributed by atoms with van der Waals surface area (Å²) >= 11 is 0. The van der Waals surface area contributed by atoms with E-state index in [1.54, 1.807) is 0 Å². The maximum absolute atomic E-state index is 12.0. The number of hydrogen-bond acceptors (Lipinski definition) is 2. The fourth-order valence-corrected chi connectivity index (χ4v) is 2.15. The van der Waals surface area contributed by atoms with E-state index in [1.165, 1.54) is 0 Å². The summed E-state index contributed by atoms with van der Waals surface area (Å²) in [5, 5.41) is 6.31. The number of anilines is 2. The summed E-state index contributed by atoms with van der Waals surface area (Å²) in [5.74, 6) is 0.638. The van der Waals surface area contributed by atoms with E-state index < -0.39 is 0 Å². The van der Waals surface area contributed by atoms with Gasteiger partial charge in [0.1, 0.15) is 0 Å². The van der Waals surface area contributed by atoms with Gasteiger partial charge in [-0.25, -0.2) is 0 Å². The van der Waals surface area contributed by atoms with Gasteiger partial charge in [0, 0.05) is 22.8 Å². The van der Waals surface area contributed by atoms with Gasteiger partial charge in [-0.1, -0.05) is 13.8 Å². The fourth-order valence-electron chi connectivity index (χ4n) is 2.15. The molecule has 3 heteroatoms. The van der Waals surface area contributed by atoms with Gasteiger partial charge in [-0.3, -0.25) is 4.79 Å². The Morgan fingerprint density at radius 1 is 1.28 bits per heavy atom. The van der Waals surface area contributed by atoms with Crippen molar-refractivity contribution < 1.29 is 4.79 Å². The SMILES string of the molecule is CC(C)Nc1ccc(NC(=O)C2(C)CC2C)cc1. The molecule has 1 amide bonds. The predicted octanol–water partition coefficient (Wildman–Crippen LogP) is 3.49. The molecule has 0 bridgehead atoms. The van der Waals surface area contributed by atoms with Gasteiger partial charge >= 0.3 is 0 Å². The lowest BCUT2D eigenvalue weighted by atomic mass is 10.1. The maximum Gasteiger partial charge on any atom is 0.230 e. The highest BCUT2D eigenvalue weighted by Crippen LogP contribution is 2.52. The van der Waals surface area contributed by atoms with E-state index in [0.29, 0.717) is 12.0 Å². The topological polar surface area (TPSA) is 41.1 Å². The smallest absolute Gasteiger partial charge is 0.230 e. The summed E-state index contributed by atoms with van der Waals surface area (Å²) in [5.41, 5.74) is 1.79. The molecule has 2 atom stereocenters. The Labute approximate surface area is 109 Å². The molecule has 1 fully saturated rings. The quantitative estimate of drug-likeness (QED) is 0.853. The van der Waals surface area contributed by atoms with E-state index in [1.807, 2.05) is 31.2 Å². The van der Waals surface area contributed by atoms with E-state index in [-0.39, 0.29) is 11.3 Å². The molecule has 1 aromatic carbocycles. The molecule has 0 spiro atoms. The van der Waals surface area contributed by atoms with Crippen LogP contribution in [0.3, 0.4) is 0 Å². The first kappa shape index (κ1) is 12.9. The third-order valence-electron chi connectivity index (χ3n) is 3.77. The molecule has 1 saturated carbocycles. The Bertz CT molecular complexity index is 438. The highest BCUT2D eigenvalue weighted by molar-refractivity contribution is 5.97. The van der Waals surface area contributed by atoms with Crippen molar-refractivity contribution >= 4 is 17.3 Å². The number of carbonyl (C=O) groups excluding carboxylic acids is 1. The van der Waals surface area contributed by atoms with Crippen LogP contribution in [0.1, 0.15) is 34.1 Å². The lowest BCUT2D eigenvalue weighted by Gasteiger charge is -2.13. The Balaban J connectivity index is 1.96. The molecule has 0 aliphatic heterocycles. The van der Waals surface area contributed by atoms with Crippen LogP contribution in [0.5, 0.6) is 0 Å². The van der Waals surface area contributed by atoms with Crippen LogP contribution in [0.2, 0.25) is 0 Å². The van der Waals surface area contributed by atoms with Crippen LogP contribution in [-0.2, 0) is 4.79 Å². The van der Waals surface area contributed by atoms with Crippen molar-refractivity contribution in [3.05, 3.63) is 24.3 Å². The molecule has 1 aliphatic rings. The molecule has 18 heavy (non-hydrogen) atoms. The van der Waals surface area contributed by atoms with Gasteiger partial charge in [0.15, 0.2) is 0 Å². The molecule has 98 valence electrons. The molecule has 3 nitrogen and oxygen atoms in total. The van der Waals surface area contributed by atoms with Crippen LogP contribution in [-0.4, -0.2) is 11.9 Å². The number of benzene rings is 1. The van der Waals surface area contributed by atoms with Crippen molar-refractivity contribution in [1.82, 2.24) is 0 Å². The summed E-state index contributed by atoms with van der Waals surface area (Å²) in [6.45, 7) is 8.35. The molecule has 2 N–H and O–H groups in total. The first-order valence-corrected chi connectivity index (χ1v) is 6.60. The molecule has 0 saturated heterocycles. The second-order valence-corrected chi connectivity index (χ2v) is 5.85. The first-order chi connectivity index (χ1) is 8.41. The molecule has 2 rings (SSSR count). The van der Waals surface area contributed by atoms with Crippen LogP contribution < -0.4 is 10.6 Å². The minimum atomic E-state index is -0.158. The Morgan fingerprint density at radius 3 is 2.22 bits per heavy atom. The van der Waals surface area contributed by atoms with Crippen LogP contribution in [0.4, 0.5) is 11.4 Å². The second-order valence-electron chi connectivity index (χ2n) is 5.85. The number of hydrogen-bond donors (Lipinski definition) is 2. The maximum atomic E-state index is 12.0. The third kappa shape index (κ3) is 2.66. The fraction of sp³-hybridized carbons (Fsp3) is 0.533. The van der Waals surface area contributed by atoms with Crippen molar-refractivity contribution in [3.8, 4) is 0 Å². The predicted molar refractivity (Wildman–Crippen MR) is 75.7 cm³/mol. The minimum absolute atomic E-state index is 0.138. The Kier molecular flexibility index (Phi) is 3.33. The number of nitrogens with one attached hydrogen (secondary N) is 2. The summed E-state index contributed by atoms with van der Waals surface area (Å²) < 4.78 is 0. The van der Waals surface area contributed by atoms with Crippen molar-refractivity contribution in [3.63, 3.8) is 0 Å². The Morgan fingerprint density at radius 2 is 1.78 bits per heavy atom. The van der Waals surface area contributed by atoms with Crippen LogP contribution in [0.15, 0.2) is 24.3 Å². The van der Waals surface area contributed by atoms with E-state index >= 15 is 0 Å². The molecule has 0 radical (unpaired) electrons. The zero-order chi connectivity index (χ0) is 13.3. The lowest BCUT2D eigenvalue weighted by molar-refractivity contribution is -0.121. The Hall–Kier alpha value is -1.51. The van der Waals surface area contributed by atoms with Gasteiger partial charge in [0.25, 0.3) is 0 Å². The second kappa shape index (κ2) is 4.63. The third-order valence-corrected chi connectivity index (χ3v) is 3.77. The summed E-state index contributed by atoms with van der Waals surface area (Å²) in [4.78, 5) is 12.0. The van der Waals surface area contributed by atoms with Gasteiger partial charge < -0.3 is 10.6 Å². The molecule has 1 aliphatic carbocycles. The monoisotopic (exact) mass is 246 g/mol. The largest absolute Gasteiger partial charge is 0.383 e. The summed E-state index contributed by atoms with van der Waals surface area (Å²) in [7, 11) is 0. The van der Waals surface area contributed by atoms with Crippen molar-refractivity contribution in [1.29, 1.82) is 0 Å². The minimum Gasteiger partial charge on any atom is -0.383 e. The van der Waals surface area contributed by atoms with Crippen LogP contribution >= 0.6 is 0 Å². The van der Waals surface area contributed by atoms with E-state index in [2.05, 4.69) is 31.4 Å². The van der Waals surface area contributed by atoms with E-state index in [0.717, 1.165) is 17.8 Å². The molecular formula is C15H22N2O. The summed E-state index contributed by atoms with van der Waals surface area (Å²) in [6, 6.07) is 8.29. The van der Waals surface area contributed by atoms with Gasteiger partial charge in [0.2, 0.25) is 5.91 Å². The van der Waals surface area contributed by atoms with Crippen LogP contribution in [0.25, 0.3) is 0 Å². The van der Waals surface area contributed by atoms with Gasteiger partial charge in [-0.05, 0) is 50.5 Å². The van der Waals surface area contributed by atoms with Crippen molar-refractivity contribution in [2.45, 2.75) is 40.2 Å². The molecule has 1 aromatic rings. The van der Waals surface area contributed by atoms with Crippen LogP contribution in [0, 0.1) is 11.3 Å². The van der Waals surface area contributed by atoms with E-state index in [9.17, 15) is 4.79 Å². The molecule has 0 heterocycles.